The van der Waals surface area contributed by atoms with E-state index in [0.29, 0.717) is 6.54 Å². The minimum Gasteiger partial charge on any atom is -0.463 e. The number of likely N-dealkylation sites (N-methyl/N-ethyl adjacent to an activating group) is 1. The summed E-state index contributed by atoms with van der Waals surface area (Å²) in [5.74, 6) is 1.16. The molecule has 0 saturated heterocycles. The zero-order valence-corrected chi connectivity index (χ0v) is 14.9. The molecule has 4 nitrogen and oxygen atoms in total. The summed E-state index contributed by atoms with van der Waals surface area (Å²) in [7, 11) is 4.15. The standard InChI is InChI=1S/C20H22F2N2O2/c1-24(2)17(19-8-5-11-25-19)13-23-12-16-15-7-4-3-6-14(15)9-10-18(16)26-20(21)22/h3-11,17,20,23H,12-13H2,1-2H3/p+2/t17-/m1/s1. The molecule has 0 aliphatic carbocycles. The number of halogens is 2. The number of furan rings is 1. The van der Waals surface area contributed by atoms with Gasteiger partial charge in [-0.05, 0) is 29.0 Å². The van der Waals surface area contributed by atoms with Crippen molar-refractivity contribution in [1.29, 1.82) is 0 Å². The largest absolute Gasteiger partial charge is 0.463 e. The number of benzene rings is 2. The average molecular weight is 362 g/mol. The third kappa shape index (κ3) is 4.20. The molecule has 0 spiro atoms. The summed E-state index contributed by atoms with van der Waals surface area (Å²) in [6.07, 6.45) is 1.67. The first-order chi connectivity index (χ1) is 12.6. The van der Waals surface area contributed by atoms with Crippen molar-refractivity contribution in [3.63, 3.8) is 0 Å². The minimum absolute atomic E-state index is 0.180. The van der Waals surface area contributed by atoms with E-state index in [4.69, 9.17) is 9.15 Å². The Labute approximate surface area is 151 Å². The van der Waals surface area contributed by atoms with Crippen molar-refractivity contribution in [2.45, 2.75) is 19.2 Å². The molecular formula is C20H24F2N2O2+2. The van der Waals surface area contributed by atoms with Crippen molar-refractivity contribution >= 4 is 10.8 Å². The summed E-state index contributed by atoms with van der Waals surface area (Å²) in [4.78, 5) is 1.25. The Morgan fingerprint density at radius 1 is 1.08 bits per heavy atom. The van der Waals surface area contributed by atoms with Crippen LogP contribution in [0.2, 0.25) is 0 Å². The number of nitrogens with two attached hydrogens (primary N) is 1. The zero-order valence-electron chi connectivity index (χ0n) is 14.9. The molecule has 0 bridgehead atoms. The quantitative estimate of drug-likeness (QED) is 0.644. The van der Waals surface area contributed by atoms with Crippen LogP contribution in [0.1, 0.15) is 17.4 Å². The molecule has 1 aromatic heterocycles. The number of nitrogens with one attached hydrogen (secondary N) is 1. The van der Waals surface area contributed by atoms with Gasteiger partial charge in [0.25, 0.3) is 0 Å². The van der Waals surface area contributed by atoms with Crippen LogP contribution in [0.3, 0.4) is 0 Å². The van der Waals surface area contributed by atoms with Crippen LogP contribution in [0, 0.1) is 0 Å². The minimum atomic E-state index is -2.84. The van der Waals surface area contributed by atoms with Gasteiger partial charge in [0.2, 0.25) is 0 Å². The van der Waals surface area contributed by atoms with Gasteiger partial charge in [-0.2, -0.15) is 8.78 Å². The van der Waals surface area contributed by atoms with Crippen LogP contribution in [0.4, 0.5) is 8.78 Å². The Morgan fingerprint density at radius 2 is 1.88 bits per heavy atom. The third-order valence-electron chi connectivity index (χ3n) is 4.55. The second-order valence-corrected chi connectivity index (χ2v) is 6.52. The highest BCUT2D eigenvalue weighted by atomic mass is 19.3. The molecule has 0 radical (unpaired) electrons. The van der Waals surface area contributed by atoms with Crippen LogP contribution < -0.4 is 15.0 Å². The van der Waals surface area contributed by atoms with Gasteiger partial charge in [0.1, 0.15) is 18.8 Å². The van der Waals surface area contributed by atoms with Crippen LogP contribution in [0.15, 0.2) is 59.2 Å². The van der Waals surface area contributed by atoms with Crippen molar-refractivity contribution < 1.29 is 28.2 Å². The highest BCUT2D eigenvalue weighted by molar-refractivity contribution is 5.87. The Hall–Kier alpha value is -2.44. The molecule has 0 fully saturated rings. The maximum absolute atomic E-state index is 12.8. The van der Waals surface area contributed by atoms with Crippen LogP contribution >= 0.6 is 0 Å². The van der Waals surface area contributed by atoms with E-state index in [1.165, 1.54) is 4.90 Å². The molecule has 138 valence electrons. The summed E-state index contributed by atoms with van der Waals surface area (Å²) < 4.78 is 35.9. The van der Waals surface area contributed by atoms with Gasteiger partial charge in [-0.3, -0.25) is 0 Å². The highest BCUT2D eigenvalue weighted by Gasteiger charge is 2.23. The van der Waals surface area contributed by atoms with Crippen LogP contribution in [-0.4, -0.2) is 27.3 Å². The van der Waals surface area contributed by atoms with Crippen molar-refractivity contribution in [3.05, 3.63) is 66.1 Å². The van der Waals surface area contributed by atoms with Crippen molar-refractivity contribution in [2.75, 3.05) is 20.6 Å². The van der Waals surface area contributed by atoms with Crippen LogP contribution in [0.5, 0.6) is 5.75 Å². The SMILES string of the molecule is C[NH+](C)[C@H](C[NH2+]Cc1c(OC(F)F)ccc2ccccc12)c1ccco1. The van der Waals surface area contributed by atoms with Crippen LogP contribution in [-0.2, 0) is 6.54 Å². The van der Waals surface area contributed by atoms with Gasteiger partial charge in [-0.25, -0.2) is 0 Å². The van der Waals surface area contributed by atoms with Gasteiger partial charge in [-0.15, -0.1) is 0 Å². The highest BCUT2D eigenvalue weighted by Crippen LogP contribution is 2.28. The van der Waals surface area contributed by atoms with Crippen molar-refractivity contribution in [3.8, 4) is 5.75 Å². The summed E-state index contributed by atoms with van der Waals surface area (Å²) >= 11 is 0. The second kappa shape index (κ2) is 8.29. The number of fused-ring (bicyclic) bond motifs is 1. The fourth-order valence-electron chi connectivity index (χ4n) is 3.25. The van der Waals surface area contributed by atoms with Crippen LogP contribution in [0.25, 0.3) is 10.8 Å². The maximum Gasteiger partial charge on any atom is 0.387 e. The van der Waals surface area contributed by atoms with Gasteiger partial charge in [0.05, 0.1) is 25.9 Å². The Morgan fingerprint density at radius 3 is 2.58 bits per heavy atom. The molecule has 6 heteroatoms. The van der Waals surface area contributed by atoms with E-state index in [1.54, 1.807) is 12.3 Å². The summed E-state index contributed by atoms with van der Waals surface area (Å²) in [5.41, 5.74) is 0.787. The lowest BCUT2D eigenvalue weighted by Gasteiger charge is -2.19. The monoisotopic (exact) mass is 362 g/mol. The van der Waals surface area contributed by atoms with E-state index in [0.717, 1.165) is 28.6 Å². The Balaban J connectivity index is 1.80. The lowest BCUT2D eigenvalue weighted by molar-refractivity contribution is -0.911. The Bertz CT molecular complexity index is 835. The van der Waals surface area contributed by atoms with E-state index in [2.05, 4.69) is 19.4 Å². The first-order valence-corrected chi connectivity index (χ1v) is 8.67. The van der Waals surface area contributed by atoms with Gasteiger partial charge >= 0.3 is 6.61 Å². The van der Waals surface area contributed by atoms with E-state index >= 15 is 0 Å². The number of alkyl halides is 2. The number of ether oxygens (including phenoxy) is 1. The van der Waals surface area contributed by atoms with Gasteiger partial charge in [0.15, 0.2) is 11.8 Å². The first kappa shape index (κ1) is 18.4. The molecule has 2 aromatic carbocycles. The predicted octanol–water partition coefficient (Wildman–Crippen LogP) is 1.98. The molecule has 0 saturated carbocycles. The topological polar surface area (TPSA) is 43.4 Å². The van der Waals surface area contributed by atoms with Crippen molar-refractivity contribution in [2.24, 2.45) is 0 Å². The number of hydrogen-bond acceptors (Lipinski definition) is 2. The average Bonchev–Trinajstić information content (AvgIpc) is 3.13. The summed E-state index contributed by atoms with van der Waals surface area (Å²) in [6.45, 7) is -1.52. The molecule has 3 N–H and O–H groups in total. The summed E-state index contributed by atoms with van der Waals surface area (Å²) in [5, 5.41) is 4.06. The predicted molar refractivity (Wildman–Crippen MR) is 95.3 cm³/mol. The zero-order chi connectivity index (χ0) is 18.5. The first-order valence-electron chi connectivity index (χ1n) is 8.67. The molecule has 3 rings (SSSR count). The van der Waals surface area contributed by atoms with Gasteiger partial charge < -0.3 is 19.4 Å². The fourth-order valence-corrected chi connectivity index (χ4v) is 3.25. The molecule has 0 amide bonds. The van der Waals surface area contributed by atoms with E-state index in [-0.39, 0.29) is 11.8 Å². The number of rotatable bonds is 8. The van der Waals surface area contributed by atoms with E-state index in [1.807, 2.05) is 42.5 Å². The smallest absolute Gasteiger partial charge is 0.387 e. The Kier molecular flexibility index (Phi) is 5.85. The molecule has 0 aliphatic rings. The number of quaternary nitrogens is 2. The molecular weight excluding hydrogens is 338 g/mol. The van der Waals surface area contributed by atoms with E-state index in [9.17, 15) is 8.78 Å². The lowest BCUT2D eigenvalue weighted by Crippen LogP contribution is -3.09. The fraction of sp³-hybridized carbons (Fsp3) is 0.300. The third-order valence-corrected chi connectivity index (χ3v) is 4.55. The lowest BCUT2D eigenvalue weighted by atomic mass is 10.0. The molecule has 3 aromatic rings. The molecule has 1 heterocycles. The molecule has 1 atom stereocenters. The van der Waals surface area contributed by atoms with Crippen molar-refractivity contribution in [1.82, 2.24) is 0 Å². The normalized spacial score (nSPS) is 12.8. The second-order valence-electron chi connectivity index (χ2n) is 6.52. The summed E-state index contributed by atoms with van der Waals surface area (Å²) in [6, 6.07) is 15.2. The molecule has 26 heavy (non-hydrogen) atoms. The van der Waals surface area contributed by atoms with E-state index < -0.39 is 6.61 Å². The maximum atomic E-state index is 12.8. The van der Waals surface area contributed by atoms with Gasteiger partial charge in [-0.1, -0.05) is 30.3 Å². The van der Waals surface area contributed by atoms with Gasteiger partial charge in [0, 0.05) is 0 Å². The molecule has 0 unspecified atom stereocenters. The number of hydrogen-bond donors (Lipinski definition) is 2. The molecule has 0 aliphatic heterocycles.